The molecule has 1 aromatic rings. The number of carbonyl (C=O) groups is 2. The molecule has 0 saturated heterocycles. The van der Waals surface area contributed by atoms with Crippen molar-refractivity contribution in [3.63, 3.8) is 0 Å². The Morgan fingerprint density at radius 2 is 1.88 bits per heavy atom. The van der Waals surface area contributed by atoms with E-state index in [-0.39, 0.29) is 23.9 Å². The summed E-state index contributed by atoms with van der Waals surface area (Å²) in [7, 11) is 0. The molecule has 0 aromatic heterocycles. The van der Waals surface area contributed by atoms with E-state index in [0.29, 0.717) is 0 Å². The van der Waals surface area contributed by atoms with Gasteiger partial charge in [-0.2, -0.15) is 0 Å². The number of aromatic hydroxyl groups is 1. The van der Waals surface area contributed by atoms with Crippen LogP contribution in [-0.4, -0.2) is 39.6 Å². The zero-order valence-corrected chi connectivity index (χ0v) is 9.75. The molecule has 0 aliphatic carbocycles. The summed E-state index contributed by atoms with van der Waals surface area (Å²) in [5.74, 6) is -1.71. The lowest BCUT2D eigenvalue weighted by atomic mass is 10.1. The number of hydrogen-bond donors (Lipinski definition) is 2. The van der Waals surface area contributed by atoms with Crippen molar-refractivity contribution in [3.05, 3.63) is 29.8 Å². The first-order valence-corrected chi connectivity index (χ1v) is 5.24. The highest BCUT2D eigenvalue weighted by atomic mass is 16.4. The van der Waals surface area contributed by atoms with Gasteiger partial charge < -0.3 is 15.1 Å². The summed E-state index contributed by atoms with van der Waals surface area (Å²) < 4.78 is 0. The minimum Gasteiger partial charge on any atom is -0.507 e. The summed E-state index contributed by atoms with van der Waals surface area (Å²) in [6.07, 6.45) is 0. The number of phenolic OH excluding ortho intramolecular Hbond substituents is 1. The van der Waals surface area contributed by atoms with E-state index in [1.807, 2.05) is 0 Å². The van der Waals surface area contributed by atoms with Crippen molar-refractivity contribution in [3.8, 4) is 5.75 Å². The Morgan fingerprint density at radius 3 is 2.35 bits per heavy atom. The number of carboxylic acid groups (broad SMARTS) is 1. The van der Waals surface area contributed by atoms with Crippen LogP contribution >= 0.6 is 0 Å². The summed E-state index contributed by atoms with van der Waals surface area (Å²) in [6, 6.07) is 5.83. The molecule has 0 atom stereocenters. The van der Waals surface area contributed by atoms with Crippen molar-refractivity contribution in [1.82, 2.24) is 4.90 Å². The number of phenols is 1. The second-order valence-corrected chi connectivity index (χ2v) is 3.94. The normalized spacial score (nSPS) is 10.3. The maximum atomic E-state index is 12.0. The van der Waals surface area contributed by atoms with Gasteiger partial charge in [0, 0.05) is 6.04 Å². The maximum Gasteiger partial charge on any atom is 0.323 e. The monoisotopic (exact) mass is 237 g/mol. The predicted octanol–water partition coefficient (Wildman–Crippen LogP) is 1.33. The third kappa shape index (κ3) is 3.21. The van der Waals surface area contributed by atoms with Crippen LogP contribution in [0.5, 0.6) is 5.75 Å². The summed E-state index contributed by atoms with van der Waals surface area (Å²) in [5.41, 5.74) is 0.113. The largest absolute Gasteiger partial charge is 0.507 e. The number of aliphatic carboxylic acids is 1. The first-order chi connectivity index (χ1) is 7.93. The Kier molecular flexibility index (Phi) is 4.09. The van der Waals surface area contributed by atoms with Crippen molar-refractivity contribution >= 4 is 11.9 Å². The molecule has 0 bridgehead atoms. The summed E-state index contributed by atoms with van der Waals surface area (Å²) in [4.78, 5) is 23.9. The number of para-hydroxylation sites is 1. The predicted molar refractivity (Wildman–Crippen MR) is 61.9 cm³/mol. The van der Waals surface area contributed by atoms with Crippen molar-refractivity contribution in [1.29, 1.82) is 0 Å². The molecule has 2 N–H and O–H groups in total. The molecule has 5 heteroatoms. The van der Waals surface area contributed by atoms with E-state index in [9.17, 15) is 14.7 Å². The second kappa shape index (κ2) is 5.34. The molecule has 5 nitrogen and oxygen atoms in total. The summed E-state index contributed by atoms with van der Waals surface area (Å²) in [6.45, 7) is 3.06. The van der Waals surface area contributed by atoms with Gasteiger partial charge in [-0.1, -0.05) is 12.1 Å². The average molecular weight is 237 g/mol. The molecular formula is C12H15NO4. The Hall–Kier alpha value is -2.04. The molecule has 0 saturated carbocycles. The van der Waals surface area contributed by atoms with Crippen LogP contribution in [0.15, 0.2) is 24.3 Å². The minimum atomic E-state index is -1.08. The molecular weight excluding hydrogens is 222 g/mol. The van der Waals surface area contributed by atoms with Gasteiger partial charge in [0.15, 0.2) is 0 Å². The number of rotatable bonds is 4. The topological polar surface area (TPSA) is 77.8 Å². The Bertz CT molecular complexity index is 428. The Labute approximate surface area is 99.3 Å². The van der Waals surface area contributed by atoms with Gasteiger partial charge in [-0.25, -0.2) is 0 Å². The first kappa shape index (κ1) is 13.0. The zero-order chi connectivity index (χ0) is 13.0. The van der Waals surface area contributed by atoms with Crippen LogP contribution in [0.3, 0.4) is 0 Å². The van der Waals surface area contributed by atoms with Gasteiger partial charge in [-0.15, -0.1) is 0 Å². The highest BCUT2D eigenvalue weighted by Gasteiger charge is 2.23. The van der Waals surface area contributed by atoms with Gasteiger partial charge in [0.05, 0.1) is 5.56 Å². The molecule has 0 radical (unpaired) electrons. The van der Waals surface area contributed by atoms with Crippen LogP contribution < -0.4 is 0 Å². The SMILES string of the molecule is CC(C)N(CC(=O)O)C(=O)c1ccccc1O. The fourth-order valence-electron chi connectivity index (χ4n) is 1.44. The van der Waals surface area contributed by atoms with Gasteiger partial charge in [0.2, 0.25) is 0 Å². The number of amides is 1. The van der Waals surface area contributed by atoms with Crippen molar-refractivity contribution < 1.29 is 19.8 Å². The van der Waals surface area contributed by atoms with Crippen LogP contribution in [-0.2, 0) is 4.79 Å². The molecule has 1 rings (SSSR count). The van der Waals surface area contributed by atoms with E-state index in [4.69, 9.17) is 5.11 Å². The molecule has 0 heterocycles. The van der Waals surface area contributed by atoms with Gasteiger partial charge >= 0.3 is 5.97 Å². The smallest absolute Gasteiger partial charge is 0.323 e. The maximum absolute atomic E-state index is 12.0. The van der Waals surface area contributed by atoms with E-state index in [2.05, 4.69) is 0 Å². The molecule has 0 unspecified atom stereocenters. The summed E-state index contributed by atoms with van der Waals surface area (Å²) in [5, 5.41) is 18.3. The lowest BCUT2D eigenvalue weighted by Crippen LogP contribution is -2.40. The second-order valence-electron chi connectivity index (χ2n) is 3.94. The van der Waals surface area contributed by atoms with Gasteiger partial charge in [0.25, 0.3) is 5.91 Å². The van der Waals surface area contributed by atoms with Crippen LogP contribution in [0.2, 0.25) is 0 Å². The standard InChI is InChI=1S/C12H15NO4/c1-8(2)13(7-11(15)16)12(17)9-5-3-4-6-10(9)14/h3-6,8,14H,7H2,1-2H3,(H,15,16). The third-order valence-electron chi connectivity index (χ3n) is 2.32. The Balaban J connectivity index is 3.00. The molecule has 1 amide bonds. The van der Waals surface area contributed by atoms with Gasteiger partial charge in [-0.05, 0) is 26.0 Å². The number of carboxylic acids is 1. The van der Waals surface area contributed by atoms with E-state index < -0.39 is 11.9 Å². The zero-order valence-electron chi connectivity index (χ0n) is 9.75. The van der Waals surface area contributed by atoms with Crippen LogP contribution in [0.1, 0.15) is 24.2 Å². The third-order valence-corrected chi connectivity index (χ3v) is 2.32. The number of nitrogens with zero attached hydrogens (tertiary/aromatic N) is 1. The van der Waals surface area contributed by atoms with E-state index in [1.54, 1.807) is 26.0 Å². The van der Waals surface area contributed by atoms with Crippen molar-refractivity contribution in [2.45, 2.75) is 19.9 Å². The molecule has 0 aliphatic rings. The number of benzene rings is 1. The van der Waals surface area contributed by atoms with Crippen LogP contribution in [0.25, 0.3) is 0 Å². The van der Waals surface area contributed by atoms with Crippen LogP contribution in [0.4, 0.5) is 0 Å². The molecule has 0 aliphatic heterocycles. The highest BCUT2D eigenvalue weighted by Crippen LogP contribution is 2.18. The van der Waals surface area contributed by atoms with Crippen LogP contribution in [0, 0.1) is 0 Å². The molecule has 1 aromatic carbocycles. The average Bonchev–Trinajstić information content (AvgIpc) is 2.25. The number of carbonyl (C=O) groups excluding carboxylic acids is 1. The van der Waals surface area contributed by atoms with E-state index in [1.165, 1.54) is 17.0 Å². The van der Waals surface area contributed by atoms with Gasteiger partial charge in [0.1, 0.15) is 12.3 Å². The molecule has 17 heavy (non-hydrogen) atoms. The van der Waals surface area contributed by atoms with Gasteiger partial charge in [-0.3, -0.25) is 9.59 Å². The van der Waals surface area contributed by atoms with Crippen molar-refractivity contribution in [2.75, 3.05) is 6.54 Å². The molecule has 92 valence electrons. The quantitative estimate of drug-likeness (QED) is 0.828. The first-order valence-electron chi connectivity index (χ1n) is 5.24. The Morgan fingerprint density at radius 1 is 1.29 bits per heavy atom. The van der Waals surface area contributed by atoms with E-state index in [0.717, 1.165) is 0 Å². The number of hydrogen-bond acceptors (Lipinski definition) is 3. The lowest BCUT2D eigenvalue weighted by molar-refractivity contribution is -0.138. The van der Waals surface area contributed by atoms with Crippen molar-refractivity contribution in [2.24, 2.45) is 0 Å². The highest BCUT2D eigenvalue weighted by molar-refractivity contribution is 5.98. The molecule has 0 spiro atoms. The fourth-order valence-corrected chi connectivity index (χ4v) is 1.44. The molecule has 0 fully saturated rings. The lowest BCUT2D eigenvalue weighted by Gasteiger charge is -2.25. The summed E-state index contributed by atoms with van der Waals surface area (Å²) >= 11 is 0. The fraction of sp³-hybridized carbons (Fsp3) is 0.333. The van der Waals surface area contributed by atoms with E-state index >= 15 is 0 Å². The minimum absolute atomic E-state index is 0.113.